The van der Waals surface area contributed by atoms with Crippen LogP contribution in [0.2, 0.25) is 0 Å². The highest BCUT2D eigenvalue weighted by molar-refractivity contribution is 8.00. The second kappa shape index (κ2) is 7.84. The Morgan fingerprint density at radius 1 is 0.875 bits per heavy atom. The Kier molecular flexibility index (Phi) is 5.34. The van der Waals surface area contributed by atoms with Crippen LogP contribution in [-0.4, -0.2) is 5.91 Å². The molecule has 0 radical (unpaired) electrons. The molecule has 120 valence electrons. The number of aryl methyl sites for hydroxylation is 1. The van der Waals surface area contributed by atoms with Crippen molar-refractivity contribution in [1.29, 1.82) is 0 Å². The van der Waals surface area contributed by atoms with Crippen LogP contribution in [0.1, 0.15) is 16.4 Å². The van der Waals surface area contributed by atoms with E-state index >= 15 is 0 Å². The second-order valence-corrected chi connectivity index (χ2v) is 6.76. The molecule has 1 atom stereocenters. The molecule has 1 amide bonds. The van der Waals surface area contributed by atoms with Gasteiger partial charge in [-0.15, -0.1) is 11.8 Å². The quantitative estimate of drug-likeness (QED) is 0.628. The van der Waals surface area contributed by atoms with Crippen molar-refractivity contribution < 1.29 is 4.79 Å². The molecule has 0 heterocycles. The van der Waals surface area contributed by atoms with Crippen LogP contribution >= 0.6 is 11.8 Å². The zero-order valence-corrected chi connectivity index (χ0v) is 14.3. The van der Waals surface area contributed by atoms with Crippen LogP contribution in [0.25, 0.3) is 0 Å². The van der Waals surface area contributed by atoms with E-state index in [1.54, 1.807) is 11.8 Å². The molecule has 0 aliphatic carbocycles. The fourth-order valence-electron chi connectivity index (χ4n) is 2.47. The van der Waals surface area contributed by atoms with Crippen LogP contribution in [0.4, 0.5) is 5.69 Å². The Morgan fingerprint density at radius 3 is 2.21 bits per heavy atom. The summed E-state index contributed by atoms with van der Waals surface area (Å²) in [5.74, 6) is -0.0133. The van der Waals surface area contributed by atoms with Gasteiger partial charge in [-0.1, -0.05) is 60.7 Å². The summed E-state index contributed by atoms with van der Waals surface area (Å²) in [6, 6.07) is 27.8. The van der Waals surface area contributed by atoms with E-state index in [-0.39, 0.29) is 11.2 Å². The molecule has 0 fully saturated rings. The number of thioether (sulfide) groups is 1. The minimum atomic E-state index is -0.297. The predicted octanol–water partition coefficient (Wildman–Crippen LogP) is 5.47. The van der Waals surface area contributed by atoms with Gasteiger partial charge in [-0.05, 0) is 42.3 Å². The predicted molar refractivity (Wildman–Crippen MR) is 101 cm³/mol. The van der Waals surface area contributed by atoms with E-state index in [2.05, 4.69) is 5.32 Å². The third-order valence-electron chi connectivity index (χ3n) is 3.62. The maximum atomic E-state index is 12.9. The Balaban J connectivity index is 1.85. The first-order valence-corrected chi connectivity index (χ1v) is 8.74. The van der Waals surface area contributed by atoms with E-state index in [0.717, 1.165) is 21.7 Å². The highest BCUT2D eigenvalue weighted by atomic mass is 32.2. The van der Waals surface area contributed by atoms with Crippen molar-refractivity contribution >= 4 is 23.4 Å². The third-order valence-corrected chi connectivity index (χ3v) is 4.89. The number of benzene rings is 3. The Labute approximate surface area is 146 Å². The lowest BCUT2D eigenvalue weighted by Crippen LogP contribution is -2.19. The first-order valence-electron chi connectivity index (χ1n) is 7.86. The first-order chi connectivity index (χ1) is 11.7. The highest BCUT2D eigenvalue weighted by Crippen LogP contribution is 2.36. The normalized spacial score (nSPS) is 11.7. The van der Waals surface area contributed by atoms with Crippen molar-refractivity contribution in [3.63, 3.8) is 0 Å². The number of amides is 1. The lowest BCUT2D eigenvalue weighted by molar-refractivity contribution is -0.115. The number of rotatable bonds is 5. The topological polar surface area (TPSA) is 29.1 Å². The van der Waals surface area contributed by atoms with Crippen LogP contribution in [0.5, 0.6) is 0 Å². The number of hydrogen-bond donors (Lipinski definition) is 1. The van der Waals surface area contributed by atoms with E-state index in [0.29, 0.717) is 0 Å². The molecule has 3 heteroatoms. The zero-order valence-electron chi connectivity index (χ0n) is 13.5. The number of carbonyl (C=O) groups excluding carboxylic acids is 1. The molecular weight excluding hydrogens is 314 g/mol. The monoisotopic (exact) mass is 333 g/mol. The average Bonchev–Trinajstić information content (AvgIpc) is 2.61. The van der Waals surface area contributed by atoms with E-state index in [9.17, 15) is 4.79 Å². The summed E-state index contributed by atoms with van der Waals surface area (Å²) in [7, 11) is 0. The van der Waals surface area contributed by atoms with Gasteiger partial charge >= 0.3 is 0 Å². The molecule has 1 unspecified atom stereocenters. The van der Waals surface area contributed by atoms with Crippen molar-refractivity contribution in [3.05, 3.63) is 96.1 Å². The molecule has 0 saturated heterocycles. The molecule has 3 aromatic carbocycles. The van der Waals surface area contributed by atoms with Gasteiger partial charge in [0.1, 0.15) is 5.25 Å². The van der Waals surface area contributed by atoms with Crippen molar-refractivity contribution in [2.24, 2.45) is 0 Å². The van der Waals surface area contributed by atoms with E-state index in [1.165, 1.54) is 0 Å². The van der Waals surface area contributed by atoms with E-state index < -0.39 is 0 Å². The van der Waals surface area contributed by atoms with Gasteiger partial charge in [-0.3, -0.25) is 4.79 Å². The molecule has 0 aliphatic rings. The summed E-state index contributed by atoms with van der Waals surface area (Å²) in [6.45, 7) is 2.02. The maximum Gasteiger partial charge on any atom is 0.242 e. The van der Waals surface area contributed by atoms with Gasteiger partial charge in [0.2, 0.25) is 5.91 Å². The number of nitrogens with one attached hydrogen (secondary N) is 1. The number of anilines is 1. The zero-order chi connectivity index (χ0) is 16.8. The summed E-state index contributed by atoms with van der Waals surface area (Å²) < 4.78 is 0. The SMILES string of the molecule is Cc1cccc(NC(=O)C(Sc2ccccc2)c2ccccc2)c1. The molecule has 3 aromatic rings. The summed E-state index contributed by atoms with van der Waals surface area (Å²) >= 11 is 1.56. The van der Waals surface area contributed by atoms with E-state index in [1.807, 2.05) is 91.9 Å². The molecule has 1 N–H and O–H groups in total. The summed E-state index contributed by atoms with van der Waals surface area (Å²) in [6.07, 6.45) is 0. The molecule has 0 aromatic heterocycles. The van der Waals surface area contributed by atoms with Gasteiger partial charge in [0.15, 0.2) is 0 Å². The summed E-state index contributed by atoms with van der Waals surface area (Å²) in [5, 5.41) is 2.74. The Bertz CT molecular complexity index is 802. The molecule has 2 nitrogen and oxygen atoms in total. The molecular formula is C21H19NOS. The van der Waals surface area contributed by atoms with Gasteiger partial charge in [-0.2, -0.15) is 0 Å². The number of carbonyl (C=O) groups is 1. The fourth-order valence-corrected chi connectivity index (χ4v) is 3.51. The first kappa shape index (κ1) is 16.3. The maximum absolute atomic E-state index is 12.9. The van der Waals surface area contributed by atoms with Crippen LogP contribution < -0.4 is 5.32 Å². The molecule has 24 heavy (non-hydrogen) atoms. The van der Waals surface area contributed by atoms with Gasteiger partial charge in [0.25, 0.3) is 0 Å². The van der Waals surface area contributed by atoms with Crippen molar-refractivity contribution in [2.75, 3.05) is 5.32 Å². The fraction of sp³-hybridized carbons (Fsp3) is 0.0952. The van der Waals surface area contributed by atoms with Crippen molar-refractivity contribution in [1.82, 2.24) is 0 Å². The number of hydrogen-bond acceptors (Lipinski definition) is 2. The van der Waals surface area contributed by atoms with E-state index in [4.69, 9.17) is 0 Å². The Hall–Kier alpha value is -2.52. The van der Waals surface area contributed by atoms with Gasteiger partial charge in [0.05, 0.1) is 0 Å². The van der Waals surface area contributed by atoms with Crippen LogP contribution in [0, 0.1) is 6.92 Å². The molecule has 0 spiro atoms. The van der Waals surface area contributed by atoms with Gasteiger partial charge in [0, 0.05) is 10.6 Å². The minimum absolute atomic E-state index is 0.0133. The molecule has 3 rings (SSSR count). The smallest absolute Gasteiger partial charge is 0.242 e. The second-order valence-electron chi connectivity index (χ2n) is 5.58. The molecule has 0 saturated carbocycles. The third kappa shape index (κ3) is 4.27. The lowest BCUT2D eigenvalue weighted by Gasteiger charge is -2.17. The summed E-state index contributed by atoms with van der Waals surface area (Å²) in [5.41, 5.74) is 2.95. The van der Waals surface area contributed by atoms with Crippen molar-refractivity contribution in [3.8, 4) is 0 Å². The molecule has 0 aliphatic heterocycles. The van der Waals surface area contributed by atoms with Gasteiger partial charge < -0.3 is 5.32 Å². The van der Waals surface area contributed by atoms with Crippen molar-refractivity contribution in [2.45, 2.75) is 17.1 Å². The Morgan fingerprint density at radius 2 is 1.54 bits per heavy atom. The average molecular weight is 333 g/mol. The summed E-state index contributed by atoms with van der Waals surface area (Å²) in [4.78, 5) is 14.0. The standard InChI is InChI=1S/C21H19NOS/c1-16-9-8-12-18(15-16)22-21(23)20(17-10-4-2-5-11-17)24-19-13-6-3-7-14-19/h2-15,20H,1H3,(H,22,23). The van der Waals surface area contributed by atoms with Crippen LogP contribution in [0.15, 0.2) is 89.8 Å². The molecule has 0 bridgehead atoms. The lowest BCUT2D eigenvalue weighted by atomic mass is 10.1. The minimum Gasteiger partial charge on any atom is -0.325 e. The van der Waals surface area contributed by atoms with Gasteiger partial charge in [-0.25, -0.2) is 0 Å². The largest absolute Gasteiger partial charge is 0.325 e. The van der Waals surface area contributed by atoms with Crippen LogP contribution in [-0.2, 0) is 4.79 Å². The van der Waals surface area contributed by atoms with Crippen LogP contribution in [0.3, 0.4) is 0 Å². The highest BCUT2D eigenvalue weighted by Gasteiger charge is 2.22.